The molecule has 0 saturated carbocycles. The lowest BCUT2D eigenvalue weighted by atomic mass is 9.85. The Morgan fingerprint density at radius 1 is 1.06 bits per heavy atom. The largest absolute Gasteiger partial charge is 0.379 e. The number of nitrogens with zero attached hydrogens (tertiary/aromatic N) is 3. The highest BCUT2D eigenvalue weighted by molar-refractivity contribution is 5.93. The van der Waals surface area contributed by atoms with E-state index in [1.807, 2.05) is 4.90 Å². The minimum atomic E-state index is -0.468. The van der Waals surface area contributed by atoms with E-state index in [-0.39, 0.29) is 30.6 Å². The molecule has 3 fully saturated rings. The van der Waals surface area contributed by atoms with E-state index in [4.69, 9.17) is 4.74 Å². The zero-order valence-electron chi connectivity index (χ0n) is 18.4. The second-order valence-corrected chi connectivity index (χ2v) is 8.90. The number of anilines is 1. The summed E-state index contributed by atoms with van der Waals surface area (Å²) < 4.78 is 18.6. The van der Waals surface area contributed by atoms with Gasteiger partial charge in [0.05, 0.1) is 18.6 Å². The first-order valence-corrected chi connectivity index (χ1v) is 11.4. The summed E-state index contributed by atoms with van der Waals surface area (Å²) in [5.74, 6) is -0.716. The fraction of sp³-hybridized carbons (Fsp3) is 0.609. The van der Waals surface area contributed by atoms with Crippen LogP contribution in [0.3, 0.4) is 0 Å². The van der Waals surface area contributed by atoms with Crippen molar-refractivity contribution in [3.8, 4) is 0 Å². The topological polar surface area (TPSA) is 82.2 Å². The number of halogens is 1. The van der Waals surface area contributed by atoms with Crippen molar-refractivity contribution in [1.29, 1.82) is 0 Å². The average Bonchev–Trinajstić information content (AvgIpc) is 3.36. The van der Waals surface area contributed by atoms with Gasteiger partial charge >= 0.3 is 0 Å². The monoisotopic (exact) mass is 446 g/mol. The first kappa shape index (κ1) is 22.7. The number of hydrogen-bond donors (Lipinski definition) is 1. The highest BCUT2D eigenvalue weighted by Crippen LogP contribution is 2.40. The normalized spacial score (nSPS) is 23.8. The number of benzene rings is 1. The van der Waals surface area contributed by atoms with Gasteiger partial charge in [0.25, 0.3) is 0 Å². The highest BCUT2D eigenvalue weighted by Gasteiger charge is 2.51. The van der Waals surface area contributed by atoms with Crippen LogP contribution in [-0.2, 0) is 19.1 Å². The first-order chi connectivity index (χ1) is 15.4. The number of carbonyl (C=O) groups excluding carboxylic acids is 3. The molecule has 1 atom stereocenters. The number of likely N-dealkylation sites (tertiary alicyclic amines) is 2. The van der Waals surface area contributed by atoms with E-state index in [0.717, 1.165) is 52.4 Å². The molecule has 32 heavy (non-hydrogen) atoms. The van der Waals surface area contributed by atoms with Crippen molar-refractivity contribution in [3.63, 3.8) is 0 Å². The number of morpholine rings is 1. The lowest BCUT2D eigenvalue weighted by Crippen LogP contribution is -2.43. The van der Waals surface area contributed by atoms with Gasteiger partial charge in [-0.3, -0.25) is 19.3 Å². The first-order valence-electron chi connectivity index (χ1n) is 11.4. The molecule has 0 aliphatic carbocycles. The second kappa shape index (κ2) is 9.95. The SMILES string of the molecule is O=C(CCC(=O)N1CCC2(CCN(CCN3CCOCC3)C2=O)C1)Nc1cccc(F)c1. The van der Waals surface area contributed by atoms with Crippen molar-refractivity contribution in [2.24, 2.45) is 5.41 Å². The molecule has 1 aromatic carbocycles. The summed E-state index contributed by atoms with van der Waals surface area (Å²) in [5.41, 5.74) is -0.0962. The van der Waals surface area contributed by atoms with E-state index in [1.54, 1.807) is 11.0 Å². The predicted octanol–water partition coefficient (Wildman–Crippen LogP) is 1.33. The van der Waals surface area contributed by atoms with Crippen LogP contribution in [0.4, 0.5) is 10.1 Å². The number of nitrogens with one attached hydrogen (secondary N) is 1. The zero-order chi connectivity index (χ0) is 22.6. The maximum Gasteiger partial charge on any atom is 0.230 e. The maximum atomic E-state index is 13.2. The molecule has 174 valence electrons. The van der Waals surface area contributed by atoms with Crippen LogP contribution in [-0.4, -0.2) is 91.4 Å². The quantitative estimate of drug-likeness (QED) is 0.683. The molecule has 0 aromatic heterocycles. The third-order valence-corrected chi connectivity index (χ3v) is 6.77. The Kier molecular flexibility index (Phi) is 7.05. The Morgan fingerprint density at radius 3 is 2.62 bits per heavy atom. The Balaban J connectivity index is 1.22. The van der Waals surface area contributed by atoms with E-state index in [1.165, 1.54) is 18.2 Å². The summed E-state index contributed by atoms with van der Waals surface area (Å²) in [5, 5.41) is 2.61. The van der Waals surface area contributed by atoms with Crippen molar-refractivity contribution < 1.29 is 23.5 Å². The standard InChI is InChI=1S/C23H31FN4O4/c24-18-2-1-3-19(16-18)25-20(29)4-5-21(30)28-9-7-23(17-28)6-8-27(22(23)31)11-10-26-12-14-32-15-13-26/h1-3,16H,4-15,17H2,(H,25,29). The van der Waals surface area contributed by atoms with Crippen LogP contribution in [0.5, 0.6) is 0 Å². The van der Waals surface area contributed by atoms with Crippen LogP contribution in [0.1, 0.15) is 25.7 Å². The molecule has 3 heterocycles. The van der Waals surface area contributed by atoms with Crippen LogP contribution >= 0.6 is 0 Å². The van der Waals surface area contributed by atoms with E-state index in [0.29, 0.717) is 25.2 Å². The van der Waals surface area contributed by atoms with Gasteiger partial charge < -0.3 is 19.9 Å². The Hall–Kier alpha value is -2.52. The summed E-state index contributed by atoms with van der Waals surface area (Å²) in [6, 6.07) is 5.66. The fourth-order valence-electron chi connectivity index (χ4n) is 4.83. The molecule has 0 radical (unpaired) electrons. The molecule has 1 N–H and O–H groups in total. The van der Waals surface area contributed by atoms with Gasteiger partial charge in [-0.1, -0.05) is 6.07 Å². The maximum absolute atomic E-state index is 13.2. The van der Waals surface area contributed by atoms with Crippen molar-refractivity contribution in [2.45, 2.75) is 25.7 Å². The number of hydrogen-bond acceptors (Lipinski definition) is 5. The molecule has 3 aliphatic rings. The Labute approximate surface area is 187 Å². The summed E-state index contributed by atoms with van der Waals surface area (Å²) in [6.45, 7) is 6.59. The molecule has 3 aliphatic heterocycles. The van der Waals surface area contributed by atoms with Gasteiger partial charge in [0.2, 0.25) is 17.7 Å². The summed E-state index contributed by atoms with van der Waals surface area (Å²) in [7, 11) is 0. The summed E-state index contributed by atoms with van der Waals surface area (Å²) in [6.07, 6.45) is 1.56. The van der Waals surface area contributed by atoms with E-state index >= 15 is 0 Å². The number of rotatable bonds is 7. The van der Waals surface area contributed by atoms with Gasteiger partial charge in [0.1, 0.15) is 5.82 Å². The van der Waals surface area contributed by atoms with Crippen LogP contribution in [0.25, 0.3) is 0 Å². The number of amides is 3. The van der Waals surface area contributed by atoms with E-state index < -0.39 is 11.2 Å². The van der Waals surface area contributed by atoms with Gasteiger partial charge in [0.15, 0.2) is 0 Å². The molecule has 1 unspecified atom stereocenters. The number of ether oxygens (including phenoxy) is 1. The van der Waals surface area contributed by atoms with Crippen LogP contribution in [0, 0.1) is 11.2 Å². The zero-order valence-corrected chi connectivity index (χ0v) is 18.4. The second-order valence-electron chi connectivity index (χ2n) is 8.90. The minimum absolute atomic E-state index is 0.0263. The third kappa shape index (κ3) is 5.27. The predicted molar refractivity (Wildman–Crippen MR) is 116 cm³/mol. The Morgan fingerprint density at radius 2 is 1.84 bits per heavy atom. The lowest BCUT2D eigenvalue weighted by Gasteiger charge is -2.29. The van der Waals surface area contributed by atoms with Crippen molar-refractivity contribution >= 4 is 23.4 Å². The summed E-state index contributed by atoms with van der Waals surface area (Å²) in [4.78, 5) is 43.9. The van der Waals surface area contributed by atoms with Crippen LogP contribution in [0.15, 0.2) is 24.3 Å². The smallest absolute Gasteiger partial charge is 0.230 e. The third-order valence-electron chi connectivity index (χ3n) is 6.77. The van der Waals surface area contributed by atoms with Crippen molar-refractivity contribution in [1.82, 2.24) is 14.7 Å². The molecule has 1 spiro atoms. The highest BCUT2D eigenvalue weighted by atomic mass is 19.1. The Bertz CT molecular complexity index is 860. The van der Waals surface area contributed by atoms with Gasteiger partial charge in [-0.05, 0) is 31.0 Å². The molecular formula is C23H31FN4O4. The van der Waals surface area contributed by atoms with Gasteiger partial charge in [-0.2, -0.15) is 0 Å². The molecule has 3 saturated heterocycles. The number of carbonyl (C=O) groups is 3. The van der Waals surface area contributed by atoms with Crippen LogP contribution < -0.4 is 5.32 Å². The fourth-order valence-corrected chi connectivity index (χ4v) is 4.83. The average molecular weight is 447 g/mol. The van der Waals surface area contributed by atoms with Gasteiger partial charge in [-0.15, -0.1) is 0 Å². The molecule has 9 heteroatoms. The van der Waals surface area contributed by atoms with Crippen LogP contribution in [0.2, 0.25) is 0 Å². The molecule has 4 rings (SSSR count). The lowest BCUT2D eigenvalue weighted by molar-refractivity contribution is -0.137. The van der Waals surface area contributed by atoms with Crippen molar-refractivity contribution in [3.05, 3.63) is 30.1 Å². The van der Waals surface area contributed by atoms with Gasteiger partial charge in [0, 0.05) is 64.3 Å². The molecule has 0 bridgehead atoms. The van der Waals surface area contributed by atoms with Gasteiger partial charge in [-0.25, -0.2) is 4.39 Å². The molecule has 8 nitrogen and oxygen atoms in total. The van der Waals surface area contributed by atoms with E-state index in [2.05, 4.69) is 10.2 Å². The molecular weight excluding hydrogens is 415 g/mol. The minimum Gasteiger partial charge on any atom is -0.379 e. The van der Waals surface area contributed by atoms with E-state index in [9.17, 15) is 18.8 Å². The summed E-state index contributed by atoms with van der Waals surface area (Å²) >= 11 is 0. The molecule has 1 aromatic rings. The molecule has 3 amide bonds. The van der Waals surface area contributed by atoms with Crippen molar-refractivity contribution in [2.75, 3.05) is 64.3 Å².